The van der Waals surface area contributed by atoms with E-state index in [1.807, 2.05) is 37.3 Å². The third-order valence-corrected chi connectivity index (χ3v) is 5.43. The highest BCUT2D eigenvalue weighted by atomic mass is 32.1. The van der Waals surface area contributed by atoms with Crippen LogP contribution in [0.25, 0.3) is 5.69 Å². The van der Waals surface area contributed by atoms with Crippen molar-refractivity contribution in [2.75, 3.05) is 12.4 Å². The number of methoxy groups -OCH3 is 1. The maximum Gasteiger partial charge on any atom is 0.257 e. The summed E-state index contributed by atoms with van der Waals surface area (Å²) in [5.74, 6) is 0.594. The van der Waals surface area contributed by atoms with Gasteiger partial charge in [-0.3, -0.25) is 10.1 Å². The Bertz CT molecular complexity index is 1120. The molecule has 0 aliphatic heterocycles. The van der Waals surface area contributed by atoms with E-state index in [1.54, 1.807) is 25.3 Å². The Balaban J connectivity index is 1.48. The third kappa shape index (κ3) is 4.30. The molecule has 9 heteroatoms. The molecule has 4 aromatic rings. The molecule has 2 heterocycles. The molecule has 0 unspecified atom stereocenters. The summed E-state index contributed by atoms with van der Waals surface area (Å²) in [5.41, 5.74) is 3.27. The maximum absolute atomic E-state index is 12.7. The number of thiazole rings is 1. The summed E-state index contributed by atoms with van der Waals surface area (Å²) < 4.78 is 6.69. The number of rotatable bonds is 6. The first-order chi connectivity index (χ1) is 14.1. The minimum atomic E-state index is -0.232. The highest BCUT2D eigenvalue weighted by molar-refractivity contribution is 7.15. The van der Waals surface area contributed by atoms with Gasteiger partial charge in [-0.2, -0.15) is 0 Å². The molecule has 0 saturated carbocycles. The van der Waals surface area contributed by atoms with Crippen LogP contribution in [0.5, 0.6) is 5.75 Å². The Morgan fingerprint density at radius 3 is 2.76 bits per heavy atom. The minimum Gasteiger partial charge on any atom is -0.497 e. The van der Waals surface area contributed by atoms with Crippen molar-refractivity contribution >= 4 is 22.4 Å². The Morgan fingerprint density at radius 1 is 1.21 bits per heavy atom. The van der Waals surface area contributed by atoms with Crippen LogP contribution >= 0.6 is 11.3 Å². The molecule has 0 aliphatic rings. The van der Waals surface area contributed by atoms with E-state index in [9.17, 15) is 4.79 Å². The molecule has 0 saturated heterocycles. The van der Waals surface area contributed by atoms with Gasteiger partial charge in [-0.25, -0.2) is 9.67 Å². The molecule has 29 heavy (non-hydrogen) atoms. The molecule has 1 N–H and O–H groups in total. The summed E-state index contributed by atoms with van der Waals surface area (Å²) in [5, 5.41) is 14.5. The number of ether oxygens (including phenoxy) is 1. The number of carbonyl (C=O) groups excluding carboxylic acids is 1. The molecular formula is C20H18N6O2S. The number of aromatic nitrogens is 5. The maximum atomic E-state index is 12.7. The van der Waals surface area contributed by atoms with Crippen LogP contribution < -0.4 is 10.1 Å². The number of nitrogens with one attached hydrogen (secondary N) is 1. The fourth-order valence-electron chi connectivity index (χ4n) is 2.81. The predicted molar refractivity (Wildman–Crippen MR) is 110 cm³/mol. The van der Waals surface area contributed by atoms with Gasteiger partial charge in [-0.15, -0.1) is 16.4 Å². The van der Waals surface area contributed by atoms with Gasteiger partial charge in [0.15, 0.2) is 5.13 Å². The fraction of sp³-hybridized carbons (Fsp3) is 0.150. The van der Waals surface area contributed by atoms with Crippen LogP contribution in [-0.2, 0) is 6.42 Å². The molecule has 146 valence electrons. The molecule has 0 bridgehead atoms. The smallest absolute Gasteiger partial charge is 0.257 e. The standard InChI is InChI=1S/C20H18N6O2S/c1-13-18(10-14-6-8-17(28-2)9-7-14)29-20(22-13)23-19(27)15-4-3-5-16(11-15)26-12-21-24-25-26/h3-9,11-12H,10H2,1-2H3,(H,22,23,27). The van der Waals surface area contributed by atoms with Crippen molar-refractivity contribution in [2.24, 2.45) is 0 Å². The monoisotopic (exact) mass is 406 g/mol. The zero-order valence-corrected chi connectivity index (χ0v) is 16.7. The zero-order chi connectivity index (χ0) is 20.2. The highest BCUT2D eigenvalue weighted by Gasteiger charge is 2.13. The highest BCUT2D eigenvalue weighted by Crippen LogP contribution is 2.26. The van der Waals surface area contributed by atoms with Gasteiger partial charge in [0.05, 0.1) is 18.5 Å². The number of tetrazole rings is 1. The number of hydrogen-bond donors (Lipinski definition) is 1. The van der Waals surface area contributed by atoms with E-state index >= 15 is 0 Å². The Kier molecular flexibility index (Phi) is 5.30. The van der Waals surface area contributed by atoms with Gasteiger partial charge in [0.2, 0.25) is 0 Å². The lowest BCUT2D eigenvalue weighted by molar-refractivity contribution is 0.102. The van der Waals surface area contributed by atoms with E-state index in [1.165, 1.54) is 22.3 Å². The number of carbonyl (C=O) groups is 1. The van der Waals surface area contributed by atoms with E-state index < -0.39 is 0 Å². The van der Waals surface area contributed by atoms with Crippen LogP contribution in [0.2, 0.25) is 0 Å². The van der Waals surface area contributed by atoms with E-state index in [0.717, 1.165) is 28.3 Å². The van der Waals surface area contributed by atoms with Gasteiger partial charge in [0.1, 0.15) is 12.1 Å². The van der Waals surface area contributed by atoms with Crippen LogP contribution in [0.1, 0.15) is 26.5 Å². The summed E-state index contributed by atoms with van der Waals surface area (Å²) in [7, 11) is 1.65. The largest absolute Gasteiger partial charge is 0.497 e. The Hall–Kier alpha value is -3.59. The molecule has 2 aromatic heterocycles. The van der Waals surface area contributed by atoms with E-state index in [2.05, 4.69) is 25.8 Å². The topological polar surface area (TPSA) is 94.8 Å². The van der Waals surface area contributed by atoms with Crippen molar-refractivity contribution in [1.29, 1.82) is 0 Å². The van der Waals surface area contributed by atoms with Gasteiger partial charge in [-0.05, 0) is 53.2 Å². The van der Waals surface area contributed by atoms with Gasteiger partial charge in [0, 0.05) is 16.9 Å². The number of anilines is 1. The summed E-state index contributed by atoms with van der Waals surface area (Å²) in [6.07, 6.45) is 2.23. The normalized spacial score (nSPS) is 10.7. The molecule has 0 radical (unpaired) electrons. The third-order valence-electron chi connectivity index (χ3n) is 4.36. The van der Waals surface area contributed by atoms with Crippen LogP contribution in [0.15, 0.2) is 54.9 Å². The van der Waals surface area contributed by atoms with Crippen LogP contribution in [0.3, 0.4) is 0 Å². The quantitative estimate of drug-likeness (QED) is 0.528. The molecular weight excluding hydrogens is 388 g/mol. The molecule has 8 nitrogen and oxygen atoms in total. The lowest BCUT2D eigenvalue weighted by atomic mass is 10.1. The molecule has 0 spiro atoms. The van der Waals surface area contributed by atoms with Crippen molar-refractivity contribution < 1.29 is 9.53 Å². The SMILES string of the molecule is COc1ccc(Cc2sc(NC(=O)c3cccc(-n4cnnn4)c3)nc2C)cc1. The molecule has 2 aromatic carbocycles. The van der Waals surface area contributed by atoms with Crippen LogP contribution in [0.4, 0.5) is 5.13 Å². The second kappa shape index (κ2) is 8.19. The summed E-state index contributed by atoms with van der Waals surface area (Å²) in [6.45, 7) is 1.95. The van der Waals surface area contributed by atoms with Crippen LogP contribution in [-0.4, -0.2) is 38.2 Å². The first-order valence-corrected chi connectivity index (χ1v) is 9.68. The molecule has 4 rings (SSSR count). The zero-order valence-electron chi connectivity index (χ0n) is 15.9. The number of benzene rings is 2. The van der Waals surface area contributed by atoms with Crippen molar-refractivity contribution in [1.82, 2.24) is 25.2 Å². The van der Waals surface area contributed by atoms with Gasteiger partial charge in [0.25, 0.3) is 5.91 Å². The van der Waals surface area contributed by atoms with Gasteiger partial charge >= 0.3 is 0 Å². The number of aryl methyl sites for hydroxylation is 1. The predicted octanol–water partition coefficient (Wildman–Crippen LogP) is 3.28. The second-order valence-corrected chi connectivity index (χ2v) is 7.39. The lowest BCUT2D eigenvalue weighted by Gasteiger charge is -2.04. The molecule has 1 amide bonds. The fourth-order valence-corrected chi connectivity index (χ4v) is 3.80. The van der Waals surface area contributed by atoms with Crippen molar-refractivity contribution in [3.8, 4) is 11.4 Å². The lowest BCUT2D eigenvalue weighted by Crippen LogP contribution is -2.12. The Morgan fingerprint density at radius 2 is 2.03 bits per heavy atom. The number of amides is 1. The van der Waals surface area contributed by atoms with E-state index in [4.69, 9.17) is 4.74 Å². The minimum absolute atomic E-state index is 0.232. The number of hydrogen-bond acceptors (Lipinski definition) is 7. The van der Waals surface area contributed by atoms with Crippen molar-refractivity contribution in [2.45, 2.75) is 13.3 Å². The average molecular weight is 406 g/mol. The summed E-state index contributed by atoms with van der Waals surface area (Å²) >= 11 is 1.48. The first-order valence-electron chi connectivity index (χ1n) is 8.86. The van der Waals surface area contributed by atoms with Crippen molar-refractivity contribution in [3.63, 3.8) is 0 Å². The van der Waals surface area contributed by atoms with E-state index in [0.29, 0.717) is 16.4 Å². The first kappa shape index (κ1) is 18.8. The average Bonchev–Trinajstić information content (AvgIpc) is 3.39. The Labute approximate surface area is 171 Å². The molecule has 0 fully saturated rings. The molecule has 0 aliphatic carbocycles. The molecule has 0 atom stereocenters. The van der Waals surface area contributed by atoms with Gasteiger partial charge < -0.3 is 4.74 Å². The summed E-state index contributed by atoms with van der Waals surface area (Å²) in [4.78, 5) is 18.3. The number of nitrogens with zero attached hydrogens (tertiary/aromatic N) is 5. The van der Waals surface area contributed by atoms with Gasteiger partial charge in [-0.1, -0.05) is 18.2 Å². The van der Waals surface area contributed by atoms with Crippen molar-refractivity contribution in [3.05, 3.63) is 76.6 Å². The second-order valence-electron chi connectivity index (χ2n) is 6.31. The van der Waals surface area contributed by atoms with Crippen LogP contribution in [0, 0.1) is 6.92 Å². The summed E-state index contributed by atoms with van der Waals surface area (Å²) in [6, 6.07) is 15.0. The van der Waals surface area contributed by atoms with E-state index in [-0.39, 0.29) is 5.91 Å².